The standard InChI is InChI=1S/C12H13F3N2/c1-8-4-5-9(7-10(8)12(13,14)15)17-11-3-2-6-16-11/h4-5,7H,2-3,6H2,1H3,(H,16,17). The van der Waals surface area contributed by atoms with Crippen LogP contribution in [0, 0.1) is 6.92 Å². The quantitative estimate of drug-likeness (QED) is 0.799. The van der Waals surface area contributed by atoms with Gasteiger partial charge in [-0.2, -0.15) is 13.2 Å². The Morgan fingerprint density at radius 1 is 1.29 bits per heavy atom. The SMILES string of the molecule is Cc1ccc(NC2=NCCC2)cc1C(F)(F)F. The molecule has 0 spiro atoms. The van der Waals surface area contributed by atoms with E-state index in [4.69, 9.17) is 0 Å². The molecule has 1 aliphatic rings. The summed E-state index contributed by atoms with van der Waals surface area (Å²) in [6.45, 7) is 2.21. The number of rotatable bonds is 1. The summed E-state index contributed by atoms with van der Waals surface area (Å²) >= 11 is 0. The molecule has 1 N–H and O–H groups in total. The predicted octanol–water partition coefficient (Wildman–Crippen LogP) is 3.62. The van der Waals surface area contributed by atoms with Crippen LogP contribution in [-0.2, 0) is 6.18 Å². The summed E-state index contributed by atoms with van der Waals surface area (Å²) in [5.41, 5.74) is 0.0843. The van der Waals surface area contributed by atoms with Crippen molar-refractivity contribution in [3.63, 3.8) is 0 Å². The van der Waals surface area contributed by atoms with Gasteiger partial charge in [-0.1, -0.05) is 6.07 Å². The van der Waals surface area contributed by atoms with Gasteiger partial charge in [0.1, 0.15) is 5.84 Å². The number of nitrogens with zero attached hydrogens (tertiary/aromatic N) is 1. The van der Waals surface area contributed by atoms with Gasteiger partial charge in [0.15, 0.2) is 0 Å². The molecule has 0 aromatic heterocycles. The highest BCUT2D eigenvalue weighted by Gasteiger charge is 2.32. The summed E-state index contributed by atoms with van der Waals surface area (Å²) in [4.78, 5) is 4.17. The summed E-state index contributed by atoms with van der Waals surface area (Å²) in [7, 11) is 0. The molecule has 5 heteroatoms. The number of aryl methyl sites for hydroxylation is 1. The summed E-state index contributed by atoms with van der Waals surface area (Å²) in [5, 5.41) is 2.93. The Morgan fingerprint density at radius 3 is 2.65 bits per heavy atom. The van der Waals surface area contributed by atoms with E-state index in [-0.39, 0.29) is 5.56 Å². The van der Waals surface area contributed by atoms with Crippen LogP contribution < -0.4 is 5.32 Å². The van der Waals surface area contributed by atoms with Crippen LogP contribution in [0.1, 0.15) is 24.0 Å². The molecular formula is C12H13F3N2. The van der Waals surface area contributed by atoms with Crippen molar-refractivity contribution in [1.82, 2.24) is 0 Å². The summed E-state index contributed by atoms with van der Waals surface area (Å²) in [6, 6.07) is 4.25. The molecule has 0 saturated heterocycles. The maximum Gasteiger partial charge on any atom is 0.416 e. The van der Waals surface area contributed by atoms with Crippen LogP contribution in [0.15, 0.2) is 23.2 Å². The number of nitrogens with one attached hydrogen (secondary N) is 1. The van der Waals surface area contributed by atoms with Gasteiger partial charge in [0.2, 0.25) is 0 Å². The van der Waals surface area contributed by atoms with Crippen molar-refractivity contribution in [1.29, 1.82) is 0 Å². The molecule has 1 aromatic rings. The zero-order valence-corrected chi connectivity index (χ0v) is 9.43. The first-order valence-corrected chi connectivity index (χ1v) is 5.45. The lowest BCUT2D eigenvalue weighted by Gasteiger charge is -2.13. The van der Waals surface area contributed by atoms with Gasteiger partial charge < -0.3 is 5.32 Å². The number of hydrogen-bond donors (Lipinski definition) is 1. The van der Waals surface area contributed by atoms with E-state index in [0.29, 0.717) is 5.69 Å². The molecule has 17 heavy (non-hydrogen) atoms. The molecule has 1 aliphatic heterocycles. The van der Waals surface area contributed by atoms with Crippen molar-refractivity contribution in [2.24, 2.45) is 4.99 Å². The second kappa shape index (κ2) is 4.39. The van der Waals surface area contributed by atoms with E-state index in [1.54, 1.807) is 6.07 Å². The molecule has 0 bridgehead atoms. The van der Waals surface area contributed by atoms with Crippen LogP contribution >= 0.6 is 0 Å². The smallest absolute Gasteiger partial charge is 0.344 e. The number of halogens is 3. The fraction of sp³-hybridized carbons (Fsp3) is 0.417. The van der Waals surface area contributed by atoms with Crippen molar-refractivity contribution in [2.45, 2.75) is 25.9 Å². The molecule has 0 atom stereocenters. The summed E-state index contributed by atoms with van der Waals surface area (Å²) in [5.74, 6) is 0.766. The number of anilines is 1. The van der Waals surface area contributed by atoms with E-state index in [1.807, 2.05) is 0 Å². The summed E-state index contributed by atoms with van der Waals surface area (Å²) in [6.07, 6.45) is -2.55. The molecule has 0 aliphatic carbocycles. The molecule has 2 rings (SSSR count). The zero-order chi connectivity index (χ0) is 12.5. The Morgan fingerprint density at radius 2 is 2.06 bits per heavy atom. The van der Waals surface area contributed by atoms with Crippen molar-refractivity contribution in [2.75, 3.05) is 11.9 Å². The normalized spacial score (nSPS) is 15.9. The molecule has 0 amide bonds. The van der Waals surface area contributed by atoms with E-state index in [2.05, 4.69) is 10.3 Å². The molecule has 0 unspecified atom stereocenters. The van der Waals surface area contributed by atoms with Gasteiger partial charge in [0, 0.05) is 18.7 Å². The number of alkyl halides is 3. The first-order chi connectivity index (χ1) is 7.97. The Balaban J connectivity index is 2.24. The third-order valence-electron chi connectivity index (χ3n) is 2.71. The van der Waals surface area contributed by atoms with E-state index in [9.17, 15) is 13.2 Å². The van der Waals surface area contributed by atoms with Gasteiger partial charge in [-0.15, -0.1) is 0 Å². The van der Waals surface area contributed by atoms with E-state index < -0.39 is 11.7 Å². The largest absolute Gasteiger partial charge is 0.416 e. The maximum absolute atomic E-state index is 12.7. The highest BCUT2D eigenvalue weighted by atomic mass is 19.4. The zero-order valence-electron chi connectivity index (χ0n) is 9.43. The second-order valence-electron chi connectivity index (χ2n) is 4.08. The molecule has 92 valence electrons. The van der Waals surface area contributed by atoms with Gasteiger partial charge in [0.05, 0.1) is 5.56 Å². The molecular weight excluding hydrogens is 229 g/mol. The molecule has 0 fully saturated rings. The maximum atomic E-state index is 12.7. The average Bonchev–Trinajstić information content (AvgIpc) is 2.72. The van der Waals surface area contributed by atoms with Gasteiger partial charge >= 0.3 is 6.18 Å². The fourth-order valence-electron chi connectivity index (χ4n) is 1.81. The molecule has 1 aromatic carbocycles. The molecule has 0 saturated carbocycles. The lowest BCUT2D eigenvalue weighted by Crippen LogP contribution is -2.12. The number of amidine groups is 1. The first-order valence-electron chi connectivity index (χ1n) is 5.45. The van der Waals surface area contributed by atoms with Crippen LogP contribution in [0.25, 0.3) is 0 Å². The van der Waals surface area contributed by atoms with Crippen molar-refractivity contribution in [3.8, 4) is 0 Å². The average molecular weight is 242 g/mol. The first kappa shape index (κ1) is 12.0. The Hall–Kier alpha value is -1.52. The molecule has 0 radical (unpaired) electrons. The van der Waals surface area contributed by atoms with E-state index in [0.717, 1.165) is 31.3 Å². The Kier molecular flexibility index (Phi) is 3.09. The molecule has 2 nitrogen and oxygen atoms in total. The van der Waals surface area contributed by atoms with E-state index in [1.165, 1.54) is 13.0 Å². The predicted molar refractivity (Wildman–Crippen MR) is 61.3 cm³/mol. The Bertz CT molecular complexity index is 450. The second-order valence-corrected chi connectivity index (χ2v) is 4.08. The van der Waals surface area contributed by atoms with Crippen LogP contribution in [0.5, 0.6) is 0 Å². The summed E-state index contributed by atoms with van der Waals surface area (Å²) < 4.78 is 38.1. The lowest BCUT2D eigenvalue weighted by molar-refractivity contribution is -0.138. The number of hydrogen-bond acceptors (Lipinski definition) is 2. The van der Waals surface area contributed by atoms with Crippen LogP contribution in [-0.4, -0.2) is 12.4 Å². The van der Waals surface area contributed by atoms with Crippen molar-refractivity contribution in [3.05, 3.63) is 29.3 Å². The van der Waals surface area contributed by atoms with E-state index >= 15 is 0 Å². The minimum atomic E-state index is -4.31. The minimum absolute atomic E-state index is 0.233. The van der Waals surface area contributed by atoms with Crippen molar-refractivity contribution < 1.29 is 13.2 Å². The Labute approximate surface area is 97.6 Å². The highest BCUT2D eigenvalue weighted by Crippen LogP contribution is 2.33. The van der Waals surface area contributed by atoms with Crippen molar-refractivity contribution >= 4 is 11.5 Å². The van der Waals surface area contributed by atoms with Crippen LogP contribution in [0.4, 0.5) is 18.9 Å². The van der Waals surface area contributed by atoms with Gasteiger partial charge in [-0.3, -0.25) is 4.99 Å². The van der Waals surface area contributed by atoms with Gasteiger partial charge in [-0.25, -0.2) is 0 Å². The lowest BCUT2D eigenvalue weighted by atomic mass is 10.1. The van der Waals surface area contributed by atoms with Gasteiger partial charge in [0.25, 0.3) is 0 Å². The van der Waals surface area contributed by atoms with Crippen LogP contribution in [0.2, 0.25) is 0 Å². The monoisotopic (exact) mass is 242 g/mol. The van der Waals surface area contributed by atoms with Crippen LogP contribution in [0.3, 0.4) is 0 Å². The third kappa shape index (κ3) is 2.78. The topological polar surface area (TPSA) is 24.4 Å². The third-order valence-corrected chi connectivity index (χ3v) is 2.71. The number of benzene rings is 1. The minimum Gasteiger partial charge on any atom is -0.344 e. The fourth-order valence-corrected chi connectivity index (χ4v) is 1.81. The molecule has 1 heterocycles. The van der Waals surface area contributed by atoms with Gasteiger partial charge in [-0.05, 0) is 31.0 Å². The highest BCUT2D eigenvalue weighted by molar-refractivity contribution is 5.96. The number of aliphatic imine (C=N–C) groups is 1.